The summed E-state index contributed by atoms with van der Waals surface area (Å²) in [5.74, 6) is -0.356. The van der Waals surface area contributed by atoms with Crippen LogP contribution in [0.2, 0.25) is 0 Å². The Morgan fingerprint density at radius 1 is 1.22 bits per heavy atom. The van der Waals surface area contributed by atoms with Gasteiger partial charge in [-0.1, -0.05) is 24.3 Å². The Morgan fingerprint density at radius 3 is 2.49 bits per heavy atom. The minimum absolute atomic E-state index is 0.212. The van der Waals surface area contributed by atoms with Crippen LogP contribution in [0.25, 0.3) is 0 Å². The normalized spacial score (nSPS) is 18.5. The second kappa shape index (κ2) is 12.7. The number of nitrogens with one attached hydrogen (secondary N) is 2. The average molecular weight is 534 g/mol. The van der Waals surface area contributed by atoms with Gasteiger partial charge in [0, 0.05) is 11.8 Å². The summed E-state index contributed by atoms with van der Waals surface area (Å²) in [5, 5.41) is 2.68. The maximum atomic E-state index is 13.7. The average Bonchev–Trinajstić information content (AvgIpc) is 3.30. The molecule has 0 radical (unpaired) electrons. The fraction of sp³-hybridized carbons (Fsp3) is 0.400. The fourth-order valence-corrected chi connectivity index (χ4v) is 4.82. The van der Waals surface area contributed by atoms with Gasteiger partial charge in [0.05, 0.1) is 12.7 Å². The Hall–Kier alpha value is -3.42. The van der Waals surface area contributed by atoms with Gasteiger partial charge in [0.2, 0.25) is 0 Å². The third kappa shape index (κ3) is 8.30. The number of aromatic amines is 1. The van der Waals surface area contributed by atoms with Crippen molar-refractivity contribution in [3.05, 3.63) is 75.1 Å². The molecule has 2 unspecified atom stereocenters. The molecule has 0 saturated carbocycles. The lowest BCUT2D eigenvalue weighted by atomic mass is 10.1. The second-order valence-corrected chi connectivity index (χ2v) is 10.5. The first-order valence-electron chi connectivity index (χ1n) is 11.4. The van der Waals surface area contributed by atoms with Gasteiger partial charge in [0.15, 0.2) is 6.23 Å². The van der Waals surface area contributed by atoms with Crippen LogP contribution in [0.1, 0.15) is 39.5 Å². The summed E-state index contributed by atoms with van der Waals surface area (Å²) in [4.78, 5) is 38.5. The third-order valence-electron chi connectivity index (χ3n) is 4.87. The molecular formula is C25H32N3O8P. The maximum absolute atomic E-state index is 13.7. The first-order valence-corrected chi connectivity index (χ1v) is 12.9. The van der Waals surface area contributed by atoms with E-state index < -0.39 is 42.8 Å². The summed E-state index contributed by atoms with van der Waals surface area (Å²) in [7, 11) is -4.11. The number of H-pyrrole nitrogens is 1. The number of para-hydroxylation sites is 1. The van der Waals surface area contributed by atoms with E-state index in [4.69, 9.17) is 18.5 Å². The summed E-state index contributed by atoms with van der Waals surface area (Å²) >= 11 is 0. The summed E-state index contributed by atoms with van der Waals surface area (Å²) in [5.41, 5.74) is -2.15. The SMILES string of the molecule is C#C.Cc1cn(C2C=C[C@@H](COP(=O)(NC(C)(C)C(=O)OC(C)C)Oc3ccccc3)O2)c(=O)[nH]c1=O. The van der Waals surface area contributed by atoms with Gasteiger partial charge in [-0.2, -0.15) is 5.09 Å². The zero-order chi connectivity index (χ0) is 27.8. The molecule has 0 spiro atoms. The van der Waals surface area contributed by atoms with Crippen LogP contribution in [-0.2, 0) is 23.4 Å². The number of rotatable bonds is 10. The quantitative estimate of drug-likeness (QED) is 0.204. The van der Waals surface area contributed by atoms with Gasteiger partial charge in [0.1, 0.15) is 17.4 Å². The van der Waals surface area contributed by atoms with Crippen molar-refractivity contribution in [3.8, 4) is 18.6 Å². The molecular weight excluding hydrogens is 501 g/mol. The van der Waals surface area contributed by atoms with Crippen molar-refractivity contribution in [2.75, 3.05) is 6.61 Å². The van der Waals surface area contributed by atoms with Gasteiger partial charge in [-0.15, -0.1) is 12.8 Å². The molecule has 0 fully saturated rings. The number of terminal acetylenes is 1. The highest BCUT2D eigenvalue weighted by molar-refractivity contribution is 7.52. The van der Waals surface area contributed by atoms with Gasteiger partial charge >= 0.3 is 19.4 Å². The van der Waals surface area contributed by atoms with Gasteiger partial charge in [0.25, 0.3) is 5.56 Å². The molecule has 2 aromatic rings. The number of hydrogen-bond acceptors (Lipinski definition) is 8. The molecule has 0 aliphatic carbocycles. The minimum atomic E-state index is -4.11. The molecule has 1 aromatic heterocycles. The van der Waals surface area contributed by atoms with Crippen LogP contribution < -0.4 is 20.9 Å². The number of hydrogen-bond donors (Lipinski definition) is 2. The van der Waals surface area contributed by atoms with E-state index in [1.165, 1.54) is 24.6 Å². The molecule has 1 aliphatic heterocycles. The van der Waals surface area contributed by atoms with Crippen molar-refractivity contribution in [2.45, 2.75) is 58.6 Å². The molecule has 0 saturated heterocycles. The van der Waals surface area contributed by atoms with Crippen LogP contribution >= 0.6 is 7.75 Å². The first-order chi connectivity index (χ1) is 17.4. The lowest BCUT2D eigenvalue weighted by Crippen LogP contribution is -2.47. The smallest absolute Gasteiger partial charge is 0.459 e. The Kier molecular flexibility index (Phi) is 10.2. The van der Waals surface area contributed by atoms with Gasteiger partial charge in [-0.3, -0.25) is 23.7 Å². The minimum Gasteiger partial charge on any atom is -0.462 e. The molecule has 11 nitrogen and oxygen atoms in total. The molecule has 3 rings (SSSR count). The van der Waals surface area contributed by atoms with E-state index in [-0.39, 0.29) is 18.5 Å². The summed E-state index contributed by atoms with van der Waals surface area (Å²) < 4.78 is 37.3. The summed E-state index contributed by atoms with van der Waals surface area (Å²) in [6.07, 6.45) is 10.8. The number of aryl methyl sites for hydroxylation is 1. The van der Waals surface area contributed by atoms with E-state index >= 15 is 0 Å². The number of esters is 1. The molecule has 3 atom stereocenters. The van der Waals surface area contributed by atoms with Crippen molar-refractivity contribution in [3.63, 3.8) is 0 Å². The molecule has 1 aliphatic rings. The molecule has 0 bridgehead atoms. The van der Waals surface area contributed by atoms with E-state index in [1.54, 1.807) is 63.3 Å². The highest BCUT2D eigenvalue weighted by Gasteiger charge is 2.41. The van der Waals surface area contributed by atoms with E-state index in [9.17, 15) is 18.9 Å². The number of carbonyl (C=O) groups is 1. The lowest BCUT2D eigenvalue weighted by Gasteiger charge is -2.30. The largest absolute Gasteiger partial charge is 0.462 e. The zero-order valence-electron chi connectivity index (χ0n) is 21.4. The van der Waals surface area contributed by atoms with Crippen molar-refractivity contribution in [2.24, 2.45) is 0 Å². The van der Waals surface area contributed by atoms with Crippen LogP contribution in [0.4, 0.5) is 0 Å². The van der Waals surface area contributed by atoms with E-state index in [0.717, 1.165) is 0 Å². The van der Waals surface area contributed by atoms with Crippen molar-refractivity contribution >= 4 is 13.7 Å². The molecule has 2 heterocycles. The Bertz CT molecular complexity index is 1280. The highest BCUT2D eigenvalue weighted by Crippen LogP contribution is 2.47. The summed E-state index contributed by atoms with van der Waals surface area (Å²) in [6, 6.07) is 8.38. The number of benzene rings is 1. The fourth-order valence-electron chi connectivity index (χ4n) is 3.14. The number of carbonyl (C=O) groups excluding carboxylic acids is 1. The molecule has 1 aromatic carbocycles. The Labute approximate surface area is 215 Å². The Balaban J connectivity index is 0.00000235. The highest BCUT2D eigenvalue weighted by atomic mass is 31.2. The van der Waals surface area contributed by atoms with Crippen molar-refractivity contribution in [1.29, 1.82) is 0 Å². The topological polar surface area (TPSA) is 138 Å². The monoisotopic (exact) mass is 533 g/mol. The molecule has 37 heavy (non-hydrogen) atoms. The molecule has 2 N–H and O–H groups in total. The number of ether oxygens (including phenoxy) is 2. The second-order valence-electron chi connectivity index (χ2n) is 8.82. The third-order valence-corrected chi connectivity index (χ3v) is 6.64. The van der Waals surface area contributed by atoms with Crippen LogP contribution in [0.3, 0.4) is 0 Å². The predicted molar refractivity (Wildman–Crippen MR) is 138 cm³/mol. The van der Waals surface area contributed by atoms with Gasteiger partial charge in [-0.25, -0.2) is 9.36 Å². The maximum Gasteiger partial charge on any atom is 0.459 e. The molecule has 12 heteroatoms. The predicted octanol–water partition coefficient (Wildman–Crippen LogP) is 3.07. The summed E-state index contributed by atoms with van der Waals surface area (Å²) in [6.45, 7) is 7.79. The van der Waals surface area contributed by atoms with Gasteiger partial charge in [-0.05, 0) is 52.8 Å². The number of nitrogens with zero attached hydrogens (tertiary/aromatic N) is 1. The van der Waals surface area contributed by atoms with E-state index in [0.29, 0.717) is 5.56 Å². The number of aromatic nitrogens is 2. The van der Waals surface area contributed by atoms with Crippen LogP contribution in [0, 0.1) is 19.8 Å². The molecule has 0 amide bonds. The first kappa shape index (κ1) is 29.8. The van der Waals surface area contributed by atoms with Crippen LogP contribution in [-0.4, -0.2) is 39.9 Å². The van der Waals surface area contributed by atoms with Crippen molar-refractivity contribution < 1.29 is 27.9 Å². The standard InChI is InChI=1S/C23H30N3O8P.C2H2/c1-15(2)32-21(28)23(4,5)25-35(30,34-17-9-7-6-8-10-17)31-14-18-11-12-19(33-18)26-13-16(3)20(27)24-22(26)29;1-2/h6-13,15,18-19H,14H2,1-5H3,(H,25,30)(H,24,27,29);1-2H/t18-,19?,35?;/m0./s1. The van der Waals surface area contributed by atoms with E-state index in [2.05, 4.69) is 22.9 Å². The van der Waals surface area contributed by atoms with Crippen LogP contribution in [0.15, 0.2) is 58.3 Å². The van der Waals surface area contributed by atoms with Gasteiger partial charge < -0.3 is 14.0 Å². The molecule has 200 valence electrons. The van der Waals surface area contributed by atoms with Crippen molar-refractivity contribution in [1.82, 2.24) is 14.6 Å². The van der Waals surface area contributed by atoms with Crippen LogP contribution in [0.5, 0.6) is 5.75 Å². The Morgan fingerprint density at radius 2 is 1.86 bits per heavy atom. The van der Waals surface area contributed by atoms with E-state index in [1.807, 2.05) is 0 Å². The zero-order valence-corrected chi connectivity index (χ0v) is 22.3. The lowest BCUT2D eigenvalue weighted by molar-refractivity contribution is -0.153.